The topological polar surface area (TPSA) is 58.6 Å². The lowest BCUT2D eigenvalue weighted by Crippen LogP contribution is -2.31. The Balaban J connectivity index is 2.11. The van der Waals surface area contributed by atoms with Crippen LogP contribution in [0.5, 0.6) is 0 Å². The highest BCUT2D eigenvalue weighted by Crippen LogP contribution is 2.32. The highest BCUT2D eigenvalue weighted by atomic mass is 32.2. The molecule has 2 unspecified atom stereocenters. The van der Waals surface area contributed by atoms with Crippen LogP contribution >= 0.6 is 11.8 Å². The van der Waals surface area contributed by atoms with Crippen LogP contribution in [0, 0.1) is 11.3 Å². The summed E-state index contributed by atoms with van der Waals surface area (Å²) in [6.45, 7) is 6.46. The summed E-state index contributed by atoms with van der Waals surface area (Å²) in [4.78, 5) is 0. The van der Waals surface area contributed by atoms with Gasteiger partial charge in [0.1, 0.15) is 5.84 Å². The predicted molar refractivity (Wildman–Crippen MR) is 84.9 cm³/mol. The number of rotatable bonds is 7. The molecule has 1 aliphatic rings. The van der Waals surface area contributed by atoms with Crippen molar-refractivity contribution in [3.63, 3.8) is 0 Å². The molecular weight excluding hydrogens is 256 g/mol. The van der Waals surface area contributed by atoms with Crippen LogP contribution in [0.25, 0.3) is 0 Å². The van der Waals surface area contributed by atoms with Crippen molar-refractivity contribution in [2.45, 2.75) is 71.0 Å². The van der Waals surface area contributed by atoms with E-state index in [0.717, 1.165) is 24.0 Å². The van der Waals surface area contributed by atoms with Crippen LogP contribution in [0.2, 0.25) is 0 Å². The molecule has 112 valence electrons. The minimum Gasteiger partial charge on any atom is -0.409 e. The summed E-state index contributed by atoms with van der Waals surface area (Å²) < 4.78 is 0. The summed E-state index contributed by atoms with van der Waals surface area (Å²) in [6, 6.07) is 0. The number of thioether (sulfide) groups is 1. The normalized spacial score (nSPS) is 25.5. The summed E-state index contributed by atoms with van der Waals surface area (Å²) in [5.74, 6) is 2.52. The largest absolute Gasteiger partial charge is 0.409 e. The van der Waals surface area contributed by atoms with E-state index in [1.165, 1.54) is 37.9 Å². The maximum atomic E-state index is 8.73. The van der Waals surface area contributed by atoms with Crippen molar-refractivity contribution in [1.82, 2.24) is 0 Å². The molecule has 0 bridgehead atoms. The van der Waals surface area contributed by atoms with Crippen molar-refractivity contribution in [1.29, 1.82) is 0 Å². The number of nitrogens with two attached hydrogens (primary N) is 1. The first-order valence-electron chi connectivity index (χ1n) is 7.55. The van der Waals surface area contributed by atoms with E-state index in [1.54, 1.807) is 0 Å². The van der Waals surface area contributed by atoms with Gasteiger partial charge in [-0.15, -0.1) is 0 Å². The Bertz CT molecular complexity index is 292. The molecule has 0 aromatic heterocycles. The fourth-order valence-corrected chi connectivity index (χ4v) is 4.21. The van der Waals surface area contributed by atoms with Crippen LogP contribution in [-0.2, 0) is 0 Å². The summed E-state index contributed by atoms with van der Waals surface area (Å²) in [5.41, 5.74) is 5.51. The zero-order valence-corrected chi connectivity index (χ0v) is 13.5. The van der Waals surface area contributed by atoms with Gasteiger partial charge in [-0.05, 0) is 37.4 Å². The molecule has 3 nitrogen and oxygen atoms in total. The van der Waals surface area contributed by atoms with E-state index in [2.05, 4.69) is 23.8 Å². The van der Waals surface area contributed by atoms with E-state index in [-0.39, 0.29) is 5.41 Å². The van der Waals surface area contributed by atoms with E-state index in [4.69, 9.17) is 10.9 Å². The summed E-state index contributed by atoms with van der Waals surface area (Å²) in [5, 5.41) is 12.7. The number of unbranched alkanes of at least 4 members (excludes halogenated alkanes) is 1. The number of hydrogen-bond donors (Lipinski definition) is 2. The molecule has 4 heteroatoms. The summed E-state index contributed by atoms with van der Waals surface area (Å²) in [6.07, 6.45) is 9.02. The van der Waals surface area contributed by atoms with Gasteiger partial charge >= 0.3 is 0 Å². The molecule has 1 saturated carbocycles. The zero-order valence-electron chi connectivity index (χ0n) is 12.7. The number of hydrogen-bond acceptors (Lipinski definition) is 3. The smallest absolute Gasteiger partial charge is 0.144 e. The lowest BCUT2D eigenvalue weighted by atomic mass is 9.86. The second kappa shape index (κ2) is 8.03. The van der Waals surface area contributed by atoms with Crippen LogP contribution in [0.15, 0.2) is 5.16 Å². The van der Waals surface area contributed by atoms with Gasteiger partial charge in [-0.2, -0.15) is 11.8 Å². The van der Waals surface area contributed by atoms with Gasteiger partial charge in [-0.3, -0.25) is 0 Å². The Kier molecular flexibility index (Phi) is 7.05. The van der Waals surface area contributed by atoms with Crippen molar-refractivity contribution in [3.8, 4) is 0 Å². The van der Waals surface area contributed by atoms with Crippen LogP contribution in [0.3, 0.4) is 0 Å². The van der Waals surface area contributed by atoms with Crippen molar-refractivity contribution >= 4 is 17.6 Å². The molecular formula is C15H30N2OS. The van der Waals surface area contributed by atoms with Crippen molar-refractivity contribution in [2.75, 3.05) is 5.75 Å². The molecule has 0 heterocycles. The van der Waals surface area contributed by atoms with E-state index in [1.807, 2.05) is 13.8 Å². The minimum atomic E-state index is -0.182. The fraction of sp³-hybridized carbons (Fsp3) is 0.933. The lowest BCUT2D eigenvalue weighted by Gasteiger charge is -2.26. The quantitative estimate of drug-likeness (QED) is 0.242. The lowest BCUT2D eigenvalue weighted by molar-refractivity contribution is 0.304. The van der Waals surface area contributed by atoms with Crippen molar-refractivity contribution in [3.05, 3.63) is 0 Å². The molecule has 19 heavy (non-hydrogen) atoms. The third-order valence-corrected chi connectivity index (χ3v) is 5.66. The molecule has 1 fully saturated rings. The third kappa shape index (κ3) is 6.07. The van der Waals surface area contributed by atoms with E-state index in [0.29, 0.717) is 5.84 Å². The number of oxime groups is 1. The summed E-state index contributed by atoms with van der Waals surface area (Å²) in [7, 11) is 0. The van der Waals surface area contributed by atoms with Crippen LogP contribution < -0.4 is 5.73 Å². The van der Waals surface area contributed by atoms with Gasteiger partial charge < -0.3 is 10.9 Å². The van der Waals surface area contributed by atoms with E-state index < -0.39 is 0 Å². The Labute approximate surface area is 122 Å². The first-order chi connectivity index (χ1) is 8.95. The highest BCUT2D eigenvalue weighted by molar-refractivity contribution is 7.99. The molecule has 2 atom stereocenters. The first-order valence-corrected chi connectivity index (χ1v) is 8.60. The molecule has 0 radical (unpaired) electrons. The summed E-state index contributed by atoms with van der Waals surface area (Å²) >= 11 is 2.15. The van der Waals surface area contributed by atoms with Gasteiger partial charge in [0, 0.05) is 10.7 Å². The SMILES string of the molecule is CC1CCCC(SCCCCC(C)(C)C(N)=NO)C1. The zero-order chi connectivity index (χ0) is 14.3. The van der Waals surface area contributed by atoms with Crippen LogP contribution in [0.4, 0.5) is 0 Å². The van der Waals surface area contributed by atoms with Gasteiger partial charge in [-0.25, -0.2) is 0 Å². The fourth-order valence-electron chi connectivity index (χ4n) is 2.71. The van der Waals surface area contributed by atoms with Gasteiger partial charge in [0.05, 0.1) is 0 Å². The highest BCUT2D eigenvalue weighted by Gasteiger charge is 2.23. The Morgan fingerprint density at radius 2 is 2.11 bits per heavy atom. The second-order valence-corrected chi connectivity index (χ2v) is 8.00. The number of nitrogens with zero attached hydrogens (tertiary/aromatic N) is 1. The van der Waals surface area contributed by atoms with Gasteiger partial charge in [0.25, 0.3) is 0 Å². The maximum absolute atomic E-state index is 8.73. The Hall–Kier alpha value is -0.380. The molecule has 0 spiro atoms. The maximum Gasteiger partial charge on any atom is 0.144 e. The van der Waals surface area contributed by atoms with Crippen LogP contribution in [0.1, 0.15) is 65.7 Å². The van der Waals surface area contributed by atoms with Crippen molar-refractivity contribution < 1.29 is 5.21 Å². The molecule has 0 aliphatic heterocycles. The molecule has 0 amide bonds. The Morgan fingerprint density at radius 3 is 2.74 bits per heavy atom. The standard InChI is InChI=1S/C15H30N2OS/c1-12-7-6-8-13(11-12)19-10-5-4-9-15(2,3)14(16)17-18/h12-13,18H,4-11H2,1-3H3,(H2,16,17). The van der Waals surface area contributed by atoms with Gasteiger partial charge in [0.15, 0.2) is 0 Å². The molecule has 0 aromatic rings. The molecule has 1 rings (SSSR count). The molecule has 3 N–H and O–H groups in total. The monoisotopic (exact) mass is 286 g/mol. The van der Waals surface area contributed by atoms with E-state index >= 15 is 0 Å². The van der Waals surface area contributed by atoms with Gasteiger partial charge in [0.2, 0.25) is 0 Å². The predicted octanol–water partition coefficient (Wildman–Crippen LogP) is 4.24. The Morgan fingerprint density at radius 1 is 1.37 bits per heavy atom. The first kappa shape index (κ1) is 16.7. The van der Waals surface area contributed by atoms with Crippen LogP contribution in [-0.4, -0.2) is 22.0 Å². The minimum absolute atomic E-state index is 0.182. The third-order valence-electron chi connectivity index (χ3n) is 4.24. The average molecular weight is 286 g/mol. The molecule has 0 aromatic carbocycles. The number of amidine groups is 1. The van der Waals surface area contributed by atoms with Gasteiger partial charge in [-0.1, -0.05) is 45.2 Å². The van der Waals surface area contributed by atoms with Crippen molar-refractivity contribution in [2.24, 2.45) is 22.2 Å². The second-order valence-electron chi connectivity index (χ2n) is 6.59. The molecule has 0 saturated heterocycles. The molecule has 1 aliphatic carbocycles. The van der Waals surface area contributed by atoms with E-state index in [9.17, 15) is 0 Å². The average Bonchev–Trinajstić information content (AvgIpc) is 2.37.